The average molecular weight is 232 g/mol. The first-order valence-electron chi connectivity index (χ1n) is 5.52. The lowest BCUT2D eigenvalue weighted by Gasteiger charge is -2.00. The summed E-state index contributed by atoms with van der Waals surface area (Å²) in [5, 5.41) is 4.44. The van der Waals surface area contributed by atoms with E-state index in [0.717, 1.165) is 18.1 Å². The molecule has 0 aliphatic heterocycles. The minimum atomic E-state index is 0.868. The van der Waals surface area contributed by atoms with Gasteiger partial charge in [-0.1, -0.05) is 31.2 Å². The molecule has 2 aromatic rings. The Morgan fingerprint density at radius 3 is 2.88 bits per heavy atom. The molecule has 0 bridgehead atoms. The smallest absolute Gasteiger partial charge is 0.107 e. The summed E-state index contributed by atoms with van der Waals surface area (Å²) in [6.45, 7) is 6.10. The van der Waals surface area contributed by atoms with Crippen LogP contribution in [0.3, 0.4) is 0 Å². The maximum absolute atomic E-state index is 4.43. The third-order valence-electron chi connectivity index (χ3n) is 2.49. The van der Waals surface area contributed by atoms with Crippen molar-refractivity contribution in [2.24, 2.45) is 0 Å². The lowest BCUT2D eigenvalue weighted by molar-refractivity contribution is 0.722. The zero-order valence-electron chi connectivity index (χ0n) is 9.66. The van der Waals surface area contributed by atoms with Crippen LogP contribution in [0, 0.1) is 6.92 Å². The molecule has 2 nitrogen and oxygen atoms in total. The van der Waals surface area contributed by atoms with Crippen LogP contribution in [0.15, 0.2) is 30.5 Å². The van der Waals surface area contributed by atoms with Crippen molar-refractivity contribution in [1.29, 1.82) is 0 Å². The van der Waals surface area contributed by atoms with Crippen LogP contribution in [-0.4, -0.2) is 11.5 Å². The summed E-state index contributed by atoms with van der Waals surface area (Å²) in [5.74, 6) is 0. The van der Waals surface area contributed by atoms with Gasteiger partial charge in [-0.05, 0) is 24.6 Å². The molecule has 0 amide bonds. The lowest BCUT2D eigenvalue weighted by Crippen LogP contribution is -2.11. The van der Waals surface area contributed by atoms with E-state index in [0.29, 0.717) is 0 Å². The molecule has 1 N–H and O–H groups in total. The van der Waals surface area contributed by atoms with Gasteiger partial charge in [0.1, 0.15) is 5.01 Å². The van der Waals surface area contributed by atoms with Crippen LogP contribution in [0.25, 0.3) is 10.4 Å². The van der Waals surface area contributed by atoms with Gasteiger partial charge >= 0.3 is 0 Å². The van der Waals surface area contributed by atoms with Crippen LogP contribution in [0.1, 0.15) is 17.5 Å². The van der Waals surface area contributed by atoms with Gasteiger partial charge in [-0.3, -0.25) is 0 Å². The third kappa shape index (κ3) is 2.49. The molecule has 84 valence electrons. The number of rotatable bonds is 4. The number of hydrogen-bond donors (Lipinski definition) is 1. The molecule has 0 saturated heterocycles. The van der Waals surface area contributed by atoms with Crippen molar-refractivity contribution in [3.63, 3.8) is 0 Å². The zero-order chi connectivity index (χ0) is 11.4. The summed E-state index contributed by atoms with van der Waals surface area (Å²) < 4.78 is 0. The average Bonchev–Trinajstić information content (AvgIpc) is 2.75. The van der Waals surface area contributed by atoms with Crippen molar-refractivity contribution in [2.75, 3.05) is 6.54 Å². The van der Waals surface area contributed by atoms with E-state index in [1.165, 1.54) is 16.0 Å². The minimum absolute atomic E-state index is 0.868. The lowest BCUT2D eigenvalue weighted by atomic mass is 10.1. The van der Waals surface area contributed by atoms with Crippen LogP contribution in [0.5, 0.6) is 0 Å². The molecule has 0 aliphatic carbocycles. The normalized spacial score (nSPS) is 10.6. The van der Waals surface area contributed by atoms with Crippen molar-refractivity contribution in [3.05, 3.63) is 41.0 Å². The summed E-state index contributed by atoms with van der Waals surface area (Å²) in [6, 6.07) is 8.43. The molecule has 3 heteroatoms. The van der Waals surface area contributed by atoms with Crippen molar-refractivity contribution < 1.29 is 0 Å². The Morgan fingerprint density at radius 2 is 2.12 bits per heavy atom. The van der Waals surface area contributed by atoms with E-state index in [4.69, 9.17) is 0 Å². The molecular formula is C13H16N2S. The number of aryl methyl sites for hydroxylation is 1. The monoisotopic (exact) mass is 232 g/mol. The van der Waals surface area contributed by atoms with Gasteiger partial charge in [0.2, 0.25) is 0 Å². The molecule has 0 radical (unpaired) electrons. The molecule has 1 aromatic heterocycles. The fourth-order valence-electron chi connectivity index (χ4n) is 1.60. The predicted molar refractivity (Wildman–Crippen MR) is 69.7 cm³/mol. The second kappa shape index (κ2) is 5.23. The molecule has 0 unspecified atom stereocenters. The Labute approximate surface area is 100 Å². The van der Waals surface area contributed by atoms with Gasteiger partial charge in [0, 0.05) is 12.7 Å². The van der Waals surface area contributed by atoms with Gasteiger partial charge in [-0.2, -0.15) is 0 Å². The fourth-order valence-corrected chi connectivity index (χ4v) is 2.58. The first-order chi connectivity index (χ1) is 7.81. The summed E-state index contributed by atoms with van der Waals surface area (Å²) >= 11 is 1.77. The summed E-state index contributed by atoms with van der Waals surface area (Å²) in [6.07, 6.45) is 1.97. The molecular weight excluding hydrogens is 216 g/mol. The molecule has 1 aromatic carbocycles. The first-order valence-corrected chi connectivity index (χ1v) is 6.34. The maximum atomic E-state index is 4.43. The van der Waals surface area contributed by atoms with E-state index >= 15 is 0 Å². The van der Waals surface area contributed by atoms with Crippen molar-refractivity contribution >= 4 is 11.3 Å². The minimum Gasteiger partial charge on any atom is -0.311 e. The quantitative estimate of drug-likeness (QED) is 0.875. The Kier molecular flexibility index (Phi) is 3.70. The molecule has 1 heterocycles. The molecule has 16 heavy (non-hydrogen) atoms. The highest BCUT2D eigenvalue weighted by molar-refractivity contribution is 7.15. The number of aromatic nitrogens is 1. The van der Waals surface area contributed by atoms with E-state index in [-0.39, 0.29) is 0 Å². The van der Waals surface area contributed by atoms with Crippen LogP contribution in [-0.2, 0) is 6.54 Å². The van der Waals surface area contributed by atoms with E-state index in [9.17, 15) is 0 Å². The molecule has 0 fully saturated rings. The number of hydrogen-bond acceptors (Lipinski definition) is 3. The van der Waals surface area contributed by atoms with Gasteiger partial charge in [0.05, 0.1) is 4.88 Å². The van der Waals surface area contributed by atoms with E-state index in [2.05, 4.69) is 48.4 Å². The Morgan fingerprint density at radius 1 is 1.31 bits per heavy atom. The van der Waals surface area contributed by atoms with Gasteiger partial charge < -0.3 is 5.32 Å². The summed E-state index contributed by atoms with van der Waals surface area (Å²) in [4.78, 5) is 5.68. The van der Waals surface area contributed by atoms with Crippen molar-refractivity contribution in [3.8, 4) is 10.4 Å². The molecule has 2 rings (SSSR count). The van der Waals surface area contributed by atoms with Gasteiger partial charge in [-0.15, -0.1) is 11.3 Å². The van der Waals surface area contributed by atoms with E-state index in [1.807, 2.05) is 6.20 Å². The predicted octanol–water partition coefficient (Wildman–Crippen LogP) is 3.23. The Balaban J connectivity index is 2.22. The summed E-state index contributed by atoms with van der Waals surface area (Å²) in [7, 11) is 0. The highest BCUT2D eigenvalue weighted by Crippen LogP contribution is 2.28. The number of nitrogens with zero attached hydrogens (tertiary/aromatic N) is 1. The Bertz CT molecular complexity index is 462. The van der Waals surface area contributed by atoms with Crippen LogP contribution in [0.4, 0.5) is 0 Å². The second-order valence-corrected chi connectivity index (χ2v) is 4.83. The van der Waals surface area contributed by atoms with E-state index in [1.54, 1.807) is 11.3 Å². The summed E-state index contributed by atoms with van der Waals surface area (Å²) in [5.41, 5.74) is 2.60. The molecule has 0 spiro atoms. The standard InChI is InChI=1S/C13H16N2S/c1-3-14-9-13-15-8-12(16-13)11-7-5-4-6-10(11)2/h4-8,14H,3,9H2,1-2H3. The van der Waals surface area contributed by atoms with Crippen molar-refractivity contribution in [2.45, 2.75) is 20.4 Å². The molecule has 0 saturated carbocycles. The van der Waals surface area contributed by atoms with Gasteiger partial charge in [-0.25, -0.2) is 4.98 Å². The molecule has 0 aliphatic rings. The highest BCUT2D eigenvalue weighted by Gasteiger charge is 2.05. The zero-order valence-corrected chi connectivity index (χ0v) is 10.5. The van der Waals surface area contributed by atoms with Crippen LogP contribution < -0.4 is 5.32 Å². The largest absolute Gasteiger partial charge is 0.311 e. The molecule has 0 atom stereocenters. The second-order valence-electron chi connectivity index (χ2n) is 3.71. The maximum Gasteiger partial charge on any atom is 0.107 e. The number of thiazole rings is 1. The van der Waals surface area contributed by atoms with Gasteiger partial charge in [0.25, 0.3) is 0 Å². The first kappa shape index (κ1) is 11.3. The fraction of sp³-hybridized carbons (Fsp3) is 0.308. The number of nitrogens with one attached hydrogen (secondary N) is 1. The number of benzene rings is 1. The van der Waals surface area contributed by atoms with Crippen LogP contribution >= 0.6 is 11.3 Å². The third-order valence-corrected chi connectivity index (χ3v) is 3.52. The van der Waals surface area contributed by atoms with Crippen molar-refractivity contribution in [1.82, 2.24) is 10.3 Å². The Hall–Kier alpha value is -1.19. The SMILES string of the molecule is CCNCc1ncc(-c2ccccc2C)s1. The van der Waals surface area contributed by atoms with E-state index < -0.39 is 0 Å². The highest BCUT2D eigenvalue weighted by atomic mass is 32.1. The van der Waals surface area contributed by atoms with Crippen LogP contribution in [0.2, 0.25) is 0 Å². The topological polar surface area (TPSA) is 24.9 Å². The van der Waals surface area contributed by atoms with Gasteiger partial charge in [0.15, 0.2) is 0 Å².